The molecule has 1 aliphatic heterocycles. The number of esters is 1. The minimum absolute atomic E-state index is 0.0320. The molecule has 0 N–H and O–H groups in total. The number of hydrogen-bond donors (Lipinski definition) is 0. The lowest BCUT2D eigenvalue weighted by atomic mass is 10.0. The minimum atomic E-state index is -0.277. The SMILES string of the molecule is CCc1cc(CC)c2c(c1)C(=O)OCO2. The van der Waals surface area contributed by atoms with Gasteiger partial charge >= 0.3 is 5.97 Å². The molecule has 3 nitrogen and oxygen atoms in total. The van der Waals surface area contributed by atoms with E-state index in [2.05, 4.69) is 19.9 Å². The topological polar surface area (TPSA) is 35.5 Å². The maximum absolute atomic E-state index is 11.5. The first-order valence-corrected chi connectivity index (χ1v) is 5.22. The molecule has 0 saturated heterocycles. The van der Waals surface area contributed by atoms with E-state index in [9.17, 15) is 4.79 Å². The zero-order chi connectivity index (χ0) is 10.8. The molecule has 0 aromatic heterocycles. The Hall–Kier alpha value is -1.51. The van der Waals surface area contributed by atoms with E-state index < -0.39 is 0 Å². The highest BCUT2D eigenvalue weighted by Crippen LogP contribution is 2.30. The van der Waals surface area contributed by atoms with Crippen LogP contribution in [0.3, 0.4) is 0 Å². The third kappa shape index (κ3) is 1.69. The van der Waals surface area contributed by atoms with Crippen molar-refractivity contribution in [2.75, 3.05) is 6.79 Å². The van der Waals surface area contributed by atoms with E-state index in [-0.39, 0.29) is 12.8 Å². The number of ether oxygens (including phenoxy) is 2. The van der Waals surface area contributed by atoms with E-state index in [1.807, 2.05) is 6.07 Å². The molecule has 0 fully saturated rings. The molecule has 0 aliphatic carbocycles. The number of carbonyl (C=O) groups is 1. The molecule has 80 valence electrons. The van der Waals surface area contributed by atoms with Crippen molar-refractivity contribution in [3.63, 3.8) is 0 Å². The van der Waals surface area contributed by atoms with Gasteiger partial charge in [0.25, 0.3) is 0 Å². The number of benzene rings is 1. The Bertz CT molecular complexity index is 396. The normalized spacial score (nSPS) is 14.1. The fraction of sp³-hybridized carbons (Fsp3) is 0.417. The third-order valence-corrected chi connectivity index (χ3v) is 2.63. The predicted octanol–water partition coefficient (Wildman–Crippen LogP) is 2.32. The standard InChI is InChI=1S/C12H14O3/c1-3-8-5-9(4-2)11-10(6-8)12(13)15-7-14-11/h5-6H,3-4,7H2,1-2H3. The van der Waals surface area contributed by atoms with Crippen molar-refractivity contribution < 1.29 is 14.3 Å². The number of carbonyl (C=O) groups excluding carboxylic acids is 1. The van der Waals surface area contributed by atoms with E-state index in [4.69, 9.17) is 9.47 Å². The summed E-state index contributed by atoms with van der Waals surface area (Å²) in [5.41, 5.74) is 2.80. The molecule has 0 unspecified atom stereocenters. The highest BCUT2D eigenvalue weighted by Gasteiger charge is 2.22. The van der Waals surface area contributed by atoms with Gasteiger partial charge in [-0.15, -0.1) is 0 Å². The first kappa shape index (κ1) is 10.0. The molecule has 3 heteroatoms. The third-order valence-electron chi connectivity index (χ3n) is 2.63. The van der Waals surface area contributed by atoms with Crippen molar-refractivity contribution in [1.82, 2.24) is 0 Å². The molecule has 1 aliphatic rings. The van der Waals surface area contributed by atoms with Crippen molar-refractivity contribution in [3.8, 4) is 5.75 Å². The van der Waals surface area contributed by atoms with Crippen molar-refractivity contribution in [1.29, 1.82) is 0 Å². The van der Waals surface area contributed by atoms with Crippen LogP contribution in [0.2, 0.25) is 0 Å². The number of rotatable bonds is 2. The minimum Gasteiger partial charge on any atom is -0.456 e. The van der Waals surface area contributed by atoms with Gasteiger partial charge in [-0.1, -0.05) is 19.9 Å². The quantitative estimate of drug-likeness (QED) is 0.696. The Morgan fingerprint density at radius 1 is 1.20 bits per heavy atom. The molecular weight excluding hydrogens is 192 g/mol. The molecule has 0 atom stereocenters. The molecule has 1 heterocycles. The summed E-state index contributed by atoms with van der Waals surface area (Å²) < 4.78 is 10.2. The van der Waals surface area contributed by atoms with Crippen molar-refractivity contribution >= 4 is 5.97 Å². The second-order valence-electron chi connectivity index (χ2n) is 3.53. The average Bonchev–Trinajstić information content (AvgIpc) is 2.28. The van der Waals surface area contributed by atoms with E-state index in [1.165, 1.54) is 0 Å². The van der Waals surface area contributed by atoms with Crippen LogP contribution < -0.4 is 4.74 Å². The molecule has 2 rings (SSSR count). The van der Waals surface area contributed by atoms with Crippen LogP contribution >= 0.6 is 0 Å². The molecule has 0 bridgehead atoms. The van der Waals surface area contributed by atoms with Crippen LogP contribution in [0.5, 0.6) is 5.75 Å². The Morgan fingerprint density at radius 2 is 2.00 bits per heavy atom. The highest BCUT2D eigenvalue weighted by molar-refractivity contribution is 5.94. The zero-order valence-corrected chi connectivity index (χ0v) is 9.00. The lowest BCUT2D eigenvalue weighted by Crippen LogP contribution is -2.20. The van der Waals surface area contributed by atoms with Gasteiger partial charge in [0.1, 0.15) is 11.3 Å². The summed E-state index contributed by atoms with van der Waals surface area (Å²) in [5, 5.41) is 0. The molecule has 0 amide bonds. The second kappa shape index (κ2) is 3.93. The molecule has 1 aromatic rings. The van der Waals surface area contributed by atoms with Gasteiger partial charge in [0.2, 0.25) is 6.79 Å². The summed E-state index contributed by atoms with van der Waals surface area (Å²) in [4.78, 5) is 11.5. The van der Waals surface area contributed by atoms with E-state index >= 15 is 0 Å². The van der Waals surface area contributed by atoms with Gasteiger partial charge in [-0.05, 0) is 30.0 Å². The van der Waals surface area contributed by atoms with Gasteiger partial charge in [0.05, 0.1) is 0 Å². The molecule has 0 saturated carbocycles. The Balaban J connectivity index is 2.57. The zero-order valence-electron chi connectivity index (χ0n) is 9.00. The molecule has 1 aromatic carbocycles. The van der Waals surface area contributed by atoms with Crippen molar-refractivity contribution in [2.45, 2.75) is 26.7 Å². The summed E-state index contributed by atoms with van der Waals surface area (Å²) in [5.74, 6) is 0.423. The fourth-order valence-corrected chi connectivity index (χ4v) is 1.76. The largest absolute Gasteiger partial charge is 0.456 e. The first-order valence-electron chi connectivity index (χ1n) is 5.22. The van der Waals surface area contributed by atoms with Crippen LogP contribution in [-0.2, 0) is 17.6 Å². The average molecular weight is 206 g/mol. The van der Waals surface area contributed by atoms with E-state index in [1.54, 1.807) is 0 Å². The molecular formula is C12H14O3. The monoisotopic (exact) mass is 206 g/mol. The van der Waals surface area contributed by atoms with Gasteiger partial charge in [-0.2, -0.15) is 0 Å². The number of aryl methyl sites for hydroxylation is 2. The van der Waals surface area contributed by atoms with Gasteiger partial charge in [-0.25, -0.2) is 4.79 Å². The van der Waals surface area contributed by atoms with Crippen LogP contribution in [0.15, 0.2) is 12.1 Å². The van der Waals surface area contributed by atoms with Crippen molar-refractivity contribution in [2.24, 2.45) is 0 Å². The first-order chi connectivity index (χ1) is 7.26. The van der Waals surface area contributed by atoms with Crippen LogP contribution in [0.4, 0.5) is 0 Å². The number of hydrogen-bond acceptors (Lipinski definition) is 3. The number of cyclic esters (lactones) is 1. The van der Waals surface area contributed by atoms with Crippen molar-refractivity contribution in [3.05, 3.63) is 28.8 Å². The van der Waals surface area contributed by atoms with Gasteiger partial charge in [0.15, 0.2) is 0 Å². The Kier molecular flexibility index (Phi) is 2.62. The lowest BCUT2D eigenvalue weighted by Gasteiger charge is -2.20. The highest BCUT2D eigenvalue weighted by atomic mass is 16.7. The maximum Gasteiger partial charge on any atom is 0.344 e. The fourth-order valence-electron chi connectivity index (χ4n) is 1.76. The number of fused-ring (bicyclic) bond motifs is 1. The predicted molar refractivity (Wildman–Crippen MR) is 56.1 cm³/mol. The van der Waals surface area contributed by atoms with Crippen LogP contribution in [0, 0.1) is 0 Å². The van der Waals surface area contributed by atoms with Gasteiger partial charge in [0, 0.05) is 0 Å². The van der Waals surface area contributed by atoms with E-state index in [0.717, 1.165) is 24.0 Å². The summed E-state index contributed by atoms with van der Waals surface area (Å²) in [7, 11) is 0. The summed E-state index contributed by atoms with van der Waals surface area (Å²) >= 11 is 0. The molecule has 0 radical (unpaired) electrons. The van der Waals surface area contributed by atoms with Crippen LogP contribution in [0.25, 0.3) is 0 Å². The second-order valence-corrected chi connectivity index (χ2v) is 3.53. The Labute approximate surface area is 89.0 Å². The summed E-state index contributed by atoms with van der Waals surface area (Å²) in [6.45, 7) is 4.15. The van der Waals surface area contributed by atoms with Crippen LogP contribution in [0.1, 0.15) is 35.3 Å². The van der Waals surface area contributed by atoms with Gasteiger partial charge in [-0.3, -0.25) is 0 Å². The summed E-state index contributed by atoms with van der Waals surface area (Å²) in [6, 6.07) is 3.95. The summed E-state index contributed by atoms with van der Waals surface area (Å²) in [6.07, 6.45) is 1.77. The van der Waals surface area contributed by atoms with Crippen LogP contribution in [-0.4, -0.2) is 12.8 Å². The molecule has 15 heavy (non-hydrogen) atoms. The van der Waals surface area contributed by atoms with E-state index in [0.29, 0.717) is 11.3 Å². The maximum atomic E-state index is 11.5. The lowest BCUT2D eigenvalue weighted by molar-refractivity contribution is 0.00450. The smallest absolute Gasteiger partial charge is 0.344 e. The molecule has 0 spiro atoms. The Morgan fingerprint density at radius 3 is 2.67 bits per heavy atom. The van der Waals surface area contributed by atoms with Gasteiger partial charge < -0.3 is 9.47 Å².